The standard InChI is InChI=1S/C21H22N4O2S2/c26-19(24-21-23-17(14-29-21)13-25-10-2-1-3-11-25)15-6-8-16(9-7-15)22-20(27)18-5-4-12-28-18/h4-9,12,14H,1-3,10-11,13H2,(H,22,27)(H,23,24,26). The van der Waals surface area contributed by atoms with E-state index in [0.717, 1.165) is 25.3 Å². The van der Waals surface area contributed by atoms with Crippen LogP contribution in [-0.4, -0.2) is 34.8 Å². The lowest BCUT2D eigenvalue weighted by molar-refractivity contribution is 0.102. The van der Waals surface area contributed by atoms with Crippen molar-refractivity contribution in [2.45, 2.75) is 25.8 Å². The van der Waals surface area contributed by atoms with Crippen molar-refractivity contribution in [3.8, 4) is 0 Å². The van der Waals surface area contributed by atoms with Gasteiger partial charge in [-0.15, -0.1) is 22.7 Å². The molecule has 0 spiro atoms. The van der Waals surface area contributed by atoms with Gasteiger partial charge in [0, 0.05) is 23.2 Å². The van der Waals surface area contributed by atoms with Crippen LogP contribution < -0.4 is 10.6 Å². The third-order valence-electron chi connectivity index (χ3n) is 4.76. The topological polar surface area (TPSA) is 74.3 Å². The number of nitrogens with zero attached hydrogens (tertiary/aromatic N) is 2. The Morgan fingerprint density at radius 3 is 2.48 bits per heavy atom. The summed E-state index contributed by atoms with van der Waals surface area (Å²) in [5.41, 5.74) is 2.17. The maximum Gasteiger partial charge on any atom is 0.265 e. The Balaban J connectivity index is 1.32. The van der Waals surface area contributed by atoms with Crippen molar-refractivity contribution in [3.05, 3.63) is 63.3 Å². The van der Waals surface area contributed by atoms with Gasteiger partial charge in [0.2, 0.25) is 0 Å². The van der Waals surface area contributed by atoms with Gasteiger partial charge in [0.15, 0.2) is 5.13 Å². The number of rotatable bonds is 6. The molecule has 4 rings (SSSR count). The lowest BCUT2D eigenvalue weighted by Gasteiger charge is -2.25. The van der Waals surface area contributed by atoms with Crippen LogP contribution in [0.25, 0.3) is 0 Å². The second-order valence-electron chi connectivity index (χ2n) is 6.94. The first kappa shape index (κ1) is 19.8. The van der Waals surface area contributed by atoms with E-state index >= 15 is 0 Å². The summed E-state index contributed by atoms with van der Waals surface area (Å²) in [5, 5.41) is 10.2. The molecular formula is C21H22N4O2S2. The monoisotopic (exact) mass is 426 g/mol. The molecule has 1 aliphatic rings. The molecule has 29 heavy (non-hydrogen) atoms. The van der Waals surface area contributed by atoms with Gasteiger partial charge in [0.25, 0.3) is 11.8 Å². The lowest BCUT2D eigenvalue weighted by Crippen LogP contribution is -2.29. The van der Waals surface area contributed by atoms with Gasteiger partial charge in [-0.25, -0.2) is 4.98 Å². The van der Waals surface area contributed by atoms with E-state index in [4.69, 9.17) is 0 Å². The fraction of sp³-hybridized carbons (Fsp3) is 0.286. The highest BCUT2D eigenvalue weighted by molar-refractivity contribution is 7.14. The van der Waals surface area contributed by atoms with Crippen LogP contribution in [0, 0.1) is 0 Å². The summed E-state index contributed by atoms with van der Waals surface area (Å²) in [6.07, 6.45) is 3.81. The molecule has 8 heteroatoms. The van der Waals surface area contributed by atoms with Gasteiger partial charge in [0.05, 0.1) is 10.6 Å². The summed E-state index contributed by atoms with van der Waals surface area (Å²) >= 11 is 2.83. The third kappa shape index (κ3) is 5.29. The molecule has 0 radical (unpaired) electrons. The number of hydrogen-bond acceptors (Lipinski definition) is 6. The average Bonchev–Trinajstić information content (AvgIpc) is 3.42. The van der Waals surface area contributed by atoms with Gasteiger partial charge in [-0.2, -0.15) is 0 Å². The molecule has 150 valence electrons. The predicted molar refractivity (Wildman–Crippen MR) is 118 cm³/mol. The number of amides is 2. The van der Waals surface area contributed by atoms with Crippen molar-refractivity contribution in [2.24, 2.45) is 0 Å². The van der Waals surface area contributed by atoms with Gasteiger partial charge in [0.1, 0.15) is 0 Å². The molecule has 0 aliphatic carbocycles. The molecule has 0 atom stereocenters. The number of thiophene rings is 1. The molecule has 6 nitrogen and oxygen atoms in total. The van der Waals surface area contributed by atoms with Crippen LogP contribution in [0.3, 0.4) is 0 Å². The maximum atomic E-state index is 12.5. The van der Waals surface area contributed by atoms with E-state index in [0.29, 0.717) is 21.3 Å². The van der Waals surface area contributed by atoms with E-state index in [-0.39, 0.29) is 11.8 Å². The molecule has 3 aromatic rings. The van der Waals surface area contributed by atoms with Crippen LogP contribution in [0.2, 0.25) is 0 Å². The highest BCUT2D eigenvalue weighted by Gasteiger charge is 2.14. The fourth-order valence-electron chi connectivity index (χ4n) is 3.26. The maximum absolute atomic E-state index is 12.5. The average molecular weight is 427 g/mol. The summed E-state index contributed by atoms with van der Waals surface area (Å²) < 4.78 is 0. The van der Waals surface area contributed by atoms with E-state index in [9.17, 15) is 9.59 Å². The number of aromatic nitrogens is 1. The van der Waals surface area contributed by atoms with E-state index in [1.54, 1.807) is 30.3 Å². The number of carbonyl (C=O) groups excluding carboxylic acids is 2. The van der Waals surface area contributed by atoms with Crippen LogP contribution in [0.4, 0.5) is 10.8 Å². The molecule has 0 unspecified atom stereocenters. The van der Waals surface area contributed by atoms with Crippen LogP contribution in [0.1, 0.15) is 45.0 Å². The molecule has 3 heterocycles. The summed E-state index contributed by atoms with van der Waals surface area (Å²) in [4.78, 5) is 32.2. The number of benzene rings is 1. The zero-order valence-corrected chi connectivity index (χ0v) is 17.5. The number of nitrogens with one attached hydrogen (secondary N) is 2. The van der Waals surface area contributed by atoms with E-state index < -0.39 is 0 Å². The Hall–Kier alpha value is -2.55. The minimum atomic E-state index is -0.208. The Kier molecular flexibility index (Phi) is 6.33. The Morgan fingerprint density at radius 2 is 1.76 bits per heavy atom. The Bertz CT molecular complexity index is 961. The summed E-state index contributed by atoms with van der Waals surface area (Å²) in [5.74, 6) is -0.360. The zero-order valence-electron chi connectivity index (χ0n) is 15.9. The van der Waals surface area contributed by atoms with E-state index in [1.165, 1.54) is 41.9 Å². The predicted octanol–water partition coefficient (Wildman–Crippen LogP) is 4.70. The van der Waals surface area contributed by atoms with Crippen molar-refractivity contribution in [1.29, 1.82) is 0 Å². The summed E-state index contributed by atoms with van der Waals surface area (Å²) in [6.45, 7) is 3.08. The number of carbonyl (C=O) groups is 2. The highest BCUT2D eigenvalue weighted by atomic mass is 32.1. The smallest absolute Gasteiger partial charge is 0.265 e. The third-order valence-corrected chi connectivity index (χ3v) is 6.43. The number of piperidine rings is 1. The van der Waals surface area contributed by atoms with E-state index in [2.05, 4.69) is 20.5 Å². The minimum absolute atomic E-state index is 0.152. The van der Waals surface area contributed by atoms with Crippen molar-refractivity contribution < 1.29 is 9.59 Å². The molecule has 1 saturated heterocycles. The molecule has 1 aliphatic heterocycles. The molecule has 0 saturated carbocycles. The Morgan fingerprint density at radius 1 is 0.966 bits per heavy atom. The van der Waals surface area contributed by atoms with E-state index in [1.807, 2.05) is 16.8 Å². The first-order valence-corrected chi connectivity index (χ1v) is 11.4. The lowest BCUT2D eigenvalue weighted by atomic mass is 10.1. The summed E-state index contributed by atoms with van der Waals surface area (Å²) in [7, 11) is 0. The second kappa shape index (κ2) is 9.30. The summed E-state index contributed by atoms with van der Waals surface area (Å²) in [6, 6.07) is 10.5. The van der Waals surface area contributed by atoms with Crippen molar-refractivity contribution in [1.82, 2.24) is 9.88 Å². The van der Waals surface area contributed by atoms with Gasteiger partial charge in [-0.05, 0) is 61.6 Å². The van der Waals surface area contributed by atoms with Gasteiger partial charge in [-0.1, -0.05) is 12.5 Å². The van der Waals surface area contributed by atoms with Crippen LogP contribution in [0.15, 0.2) is 47.2 Å². The van der Waals surface area contributed by atoms with Crippen LogP contribution >= 0.6 is 22.7 Å². The zero-order chi connectivity index (χ0) is 20.1. The van der Waals surface area contributed by atoms with Crippen molar-refractivity contribution in [2.75, 3.05) is 23.7 Å². The fourth-order valence-corrected chi connectivity index (χ4v) is 4.57. The van der Waals surface area contributed by atoms with Crippen LogP contribution in [-0.2, 0) is 6.54 Å². The first-order chi connectivity index (χ1) is 14.2. The molecule has 0 bridgehead atoms. The molecule has 1 aromatic carbocycles. The molecule has 2 N–H and O–H groups in total. The number of likely N-dealkylation sites (tertiary alicyclic amines) is 1. The number of thiazole rings is 1. The van der Waals surface area contributed by atoms with Crippen molar-refractivity contribution in [3.63, 3.8) is 0 Å². The molecule has 2 aromatic heterocycles. The molecule has 2 amide bonds. The highest BCUT2D eigenvalue weighted by Crippen LogP contribution is 2.20. The van der Waals surface area contributed by atoms with Gasteiger partial charge < -0.3 is 5.32 Å². The minimum Gasteiger partial charge on any atom is -0.321 e. The normalized spacial score (nSPS) is 14.5. The SMILES string of the molecule is O=C(Nc1nc(CN2CCCCC2)cs1)c1ccc(NC(=O)c2cccs2)cc1. The number of hydrogen-bond donors (Lipinski definition) is 2. The Labute approximate surface area is 177 Å². The van der Waals surface area contributed by atoms with Crippen LogP contribution in [0.5, 0.6) is 0 Å². The molecular weight excluding hydrogens is 404 g/mol. The van der Waals surface area contributed by atoms with Gasteiger partial charge >= 0.3 is 0 Å². The van der Waals surface area contributed by atoms with Gasteiger partial charge in [-0.3, -0.25) is 19.8 Å². The molecule has 1 fully saturated rings. The first-order valence-electron chi connectivity index (χ1n) is 9.60. The second-order valence-corrected chi connectivity index (χ2v) is 8.75. The quantitative estimate of drug-likeness (QED) is 0.599. The number of anilines is 2. The van der Waals surface area contributed by atoms with Crippen molar-refractivity contribution >= 4 is 45.3 Å². The largest absolute Gasteiger partial charge is 0.321 e.